The fourth-order valence-electron chi connectivity index (χ4n) is 4.01. The zero-order chi connectivity index (χ0) is 18.9. The van der Waals surface area contributed by atoms with Crippen LogP contribution in [0.15, 0.2) is 4.99 Å². The van der Waals surface area contributed by atoms with Crippen LogP contribution in [-0.4, -0.2) is 100 Å². The van der Waals surface area contributed by atoms with Crippen molar-refractivity contribution >= 4 is 29.9 Å². The minimum Gasteiger partial charge on any atom is -0.376 e. The quantitative estimate of drug-likeness (QED) is 0.335. The van der Waals surface area contributed by atoms with Crippen molar-refractivity contribution in [2.24, 2.45) is 4.99 Å². The molecule has 3 aliphatic heterocycles. The van der Waals surface area contributed by atoms with E-state index in [0.29, 0.717) is 12.2 Å². The highest BCUT2D eigenvalue weighted by Crippen LogP contribution is 2.18. The lowest BCUT2D eigenvalue weighted by Crippen LogP contribution is -2.48. The standard InChI is InChI=1S/C20H38N4O3.HI/c1-3-21-20(22-14-19-15-23(2)11-13-26-19)24-9-7-17(8-10-24)27-16-18-6-4-5-12-25-18;/h17-19H,3-16H2,1-2H3,(H,21,22);1H. The summed E-state index contributed by atoms with van der Waals surface area (Å²) in [5.74, 6) is 1.02. The van der Waals surface area contributed by atoms with E-state index in [-0.39, 0.29) is 30.1 Å². The lowest BCUT2D eigenvalue weighted by Gasteiger charge is -2.35. The zero-order valence-electron chi connectivity index (χ0n) is 17.6. The number of rotatable bonds is 6. The van der Waals surface area contributed by atoms with Gasteiger partial charge in [0.2, 0.25) is 0 Å². The van der Waals surface area contributed by atoms with E-state index < -0.39 is 0 Å². The average molecular weight is 510 g/mol. The van der Waals surface area contributed by atoms with Gasteiger partial charge in [0.25, 0.3) is 0 Å². The Morgan fingerprint density at radius 2 is 1.86 bits per heavy atom. The zero-order valence-corrected chi connectivity index (χ0v) is 19.9. The third-order valence-electron chi connectivity index (χ3n) is 5.65. The molecule has 2 atom stereocenters. The van der Waals surface area contributed by atoms with Gasteiger partial charge in [-0.15, -0.1) is 24.0 Å². The van der Waals surface area contributed by atoms with Crippen LogP contribution in [-0.2, 0) is 14.2 Å². The van der Waals surface area contributed by atoms with Gasteiger partial charge in [0.1, 0.15) is 0 Å². The van der Waals surface area contributed by atoms with Gasteiger partial charge >= 0.3 is 0 Å². The van der Waals surface area contributed by atoms with E-state index in [0.717, 1.165) is 84.3 Å². The molecule has 3 heterocycles. The van der Waals surface area contributed by atoms with E-state index in [1.807, 2.05) is 0 Å². The van der Waals surface area contributed by atoms with Crippen molar-refractivity contribution in [1.29, 1.82) is 0 Å². The van der Waals surface area contributed by atoms with E-state index in [9.17, 15) is 0 Å². The van der Waals surface area contributed by atoms with Gasteiger partial charge in [-0.1, -0.05) is 0 Å². The number of piperidine rings is 1. The molecule has 0 aliphatic carbocycles. The third-order valence-corrected chi connectivity index (χ3v) is 5.65. The molecule has 2 unspecified atom stereocenters. The van der Waals surface area contributed by atoms with E-state index in [1.165, 1.54) is 12.8 Å². The SMILES string of the molecule is CCNC(=NCC1CN(C)CCO1)N1CCC(OCC2CCCCO2)CC1.I. The number of likely N-dealkylation sites (N-methyl/N-ethyl adjacent to an activating group) is 1. The maximum Gasteiger partial charge on any atom is 0.194 e. The van der Waals surface area contributed by atoms with Crippen molar-refractivity contribution in [3.05, 3.63) is 0 Å². The third kappa shape index (κ3) is 7.93. The second kappa shape index (κ2) is 13.2. The number of halogens is 1. The summed E-state index contributed by atoms with van der Waals surface area (Å²) >= 11 is 0. The van der Waals surface area contributed by atoms with Crippen LogP contribution in [0, 0.1) is 0 Å². The van der Waals surface area contributed by atoms with Crippen molar-refractivity contribution < 1.29 is 14.2 Å². The van der Waals surface area contributed by atoms with Gasteiger partial charge in [0.15, 0.2) is 5.96 Å². The molecule has 7 nitrogen and oxygen atoms in total. The summed E-state index contributed by atoms with van der Waals surface area (Å²) in [6.07, 6.45) is 6.59. The molecule has 0 aromatic carbocycles. The Kier molecular flexibility index (Phi) is 11.4. The Labute approximate surface area is 187 Å². The van der Waals surface area contributed by atoms with Crippen LogP contribution in [0.2, 0.25) is 0 Å². The number of nitrogens with zero attached hydrogens (tertiary/aromatic N) is 3. The summed E-state index contributed by atoms with van der Waals surface area (Å²) in [6.45, 7) is 10.2. The second-order valence-corrected chi connectivity index (χ2v) is 7.96. The molecule has 8 heteroatoms. The number of hydrogen-bond acceptors (Lipinski definition) is 5. The Balaban J connectivity index is 0.00000280. The van der Waals surface area contributed by atoms with Gasteiger partial charge in [0.05, 0.1) is 38.1 Å². The van der Waals surface area contributed by atoms with Crippen LogP contribution < -0.4 is 5.32 Å². The van der Waals surface area contributed by atoms with Crippen molar-refractivity contribution in [3.8, 4) is 0 Å². The molecule has 0 saturated carbocycles. The maximum atomic E-state index is 6.14. The van der Waals surface area contributed by atoms with E-state index in [2.05, 4.69) is 29.1 Å². The molecule has 3 fully saturated rings. The molecular formula is C20H39IN4O3. The summed E-state index contributed by atoms with van der Waals surface area (Å²) < 4.78 is 17.8. The first kappa shape index (κ1) is 24.1. The maximum absolute atomic E-state index is 6.14. The smallest absolute Gasteiger partial charge is 0.194 e. The van der Waals surface area contributed by atoms with Crippen LogP contribution in [0.3, 0.4) is 0 Å². The molecule has 3 rings (SSSR count). The number of hydrogen-bond donors (Lipinski definition) is 1. The lowest BCUT2D eigenvalue weighted by molar-refractivity contribution is -0.0721. The Bertz CT molecular complexity index is 455. The molecule has 3 saturated heterocycles. The van der Waals surface area contributed by atoms with Gasteiger partial charge in [-0.05, 0) is 46.1 Å². The van der Waals surface area contributed by atoms with Gasteiger partial charge in [-0.2, -0.15) is 0 Å². The molecule has 0 amide bonds. The number of morpholine rings is 1. The van der Waals surface area contributed by atoms with E-state index in [4.69, 9.17) is 19.2 Å². The minimum atomic E-state index is 0. The monoisotopic (exact) mass is 510 g/mol. The average Bonchev–Trinajstić information content (AvgIpc) is 2.71. The highest BCUT2D eigenvalue weighted by atomic mass is 127. The molecule has 0 bridgehead atoms. The fraction of sp³-hybridized carbons (Fsp3) is 0.950. The summed E-state index contributed by atoms with van der Waals surface area (Å²) in [4.78, 5) is 9.54. The topological polar surface area (TPSA) is 58.6 Å². The summed E-state index contributed by atoms with van der Waals surface area (Å²) in [7, 11) is 2.15. The van der Waals surface area contributed by atoms with E-state index in [1.54, 1.807) is 0 Å². The van der Waals surface area contributed by atoms with Crippen LogP contribution in [0.1, 0.15) is 39.0 Å². The minimum absolute atomic E-state index is 0. The van der Waals surface area contributed by atoms with Crippen molar-refractivity contribution in [2.45, 2.75) is 57.3 Å². The second-order valence-electron chi connectivity index (χ2n) is 7.96. The molecule has 0 aromatic heterocycles. The van der Waals surface area contributed by atoms with Gasteiger partial charge in [0, 0.05) is 39.3 Å². The first-order chi connectivity index (χ1) is 13.2. The van der Waals surface area contributed by atoms with Crippen molar-refractivity contribution in [2.75, 3.05) is 66.1 Å². The highest BCUT2D eigenvalue weighted by molar-refractivity contribution is 14.0. The molecule has 0 radical (unpaired) electrons. The number of likely N-dealkylation sites (tertiary alicyclic amines) is 1. The molecule has 1 N–H and O–H groups in total. The first-order valence-corrected chi connectivity index (χ1v) is 10.8. The van der Waals surface area contributed by atoms with Crippen molar-refractivity contribution in [3.63, 3.8) is 0 Å². The molecular weight excluding hydrogens is 471 g/mol. The van der Waals surface area contributed by atoms with Gasteiger partial charge < -0.3 is 29.3 Å². The van der Waals surface area contributed by atoms with E-state index >= 15 is 0 Å². The van der Waals surface area contributed by atoms with Crippen LogP contribution >= 0.6 is 24.0 Å². The first-order valence-electron chi connectivity index (χ1n) is 10.8. The Hall–Kier alpha value is -0.160. The molecule has 164 valence electrons. The predicted octanol–water partition coefficient (Wildman–Crippen LogP) is 1.95. The molecule has 28 heavy (non-hydrogen) atoms. The number of ether oxygens (including phenoxy) is 3. The molecule has 3 aliphatic rings. The summed E-state index contributed by atoms with van der Waals surface area (Å²) in [5.41, 5.74) is 0. The van der Waals surface area contributed by atoms with Gasteiger partial charge in [-0.3, -0.25) is 4.99 Å². The van der Waals surface area contributed by atoms with Crippen LogP contribution in [0.4, 0.5) is 0 Å². The normalized spacial score (nSPS) is 28.1. The van der Waals surface area contributed by atoms with Crippen molar-refractivity contribution in [1.82, 2.24) is 15.1 Å². The van der Waals surface area contributed by atoms with Gasteiger partial charge in [-0.25, -0.2) is 0 Å². The summed E-state index contributed by atoms with van der Waals surface area (Å²) in [5, 5.41) is 3.45. The largest absolute Gasteiger partial charge is 0.376 e. The molecule has 0 spiro atoms. The number of nitrogens with one attached hydrogen (secondary N) is 1. The highest BCUT2D eigenvalue weighted by Gasteiger charge is 2.24. The van der Waals surface area contributed by atoms with Crippen LogP contribution in [0.5, 0.6) is 0 Å². The number of aliphatic imine (C=N–C) groups is 1. The van der Waals surface area contributed by atoms with Crippen LogP contribution in [0.25, 0.3) is 0 Å². The Morgan fingerprint density at radius 1 is 1.07 bits per heavy atom. The predicted molar refractivity (Wildman–Crippen MR) is 123 cm³/mol. The Morgan fingerprint density at radius 3 is 2.54 bits per heavy atom. The fourth-order valence-corrected chi connectivity index (χ4v) is 4.01. The lowest BCUT2D eigenvalue weighted by atomic mass is 10.1. The molecule has 0 aromatic rings. The summed E-state index contributed by atoms with van der Waals surface area (Å²) in [6, 6.07) is 0. The number of guanidine groups is 1.